The van der Waals surface area contributed by atoms with Crippen LogP contribution in [0.25, 0.3) is 0 Å². The first kappa shape index (κ1) is 21.0. The van der Waals surface area contributed by atoms with E-state index in [-0.39, 0.29) is 30.1 Å². The molecular weight excluding hydrogens is 459 g/mol. The van der Waals surface area contributed by atoms with Crippen LogP contribution in [0.2, 0.25) is 0 Å². The highest BCUT2D eigenvalue weighted by atomic mass is 127. The lowest BCUT2D eigenvalue weighted by atomic mass is 9.46. The van der Waals surface area contributed by atoms with Crippen LogP contribution in [0.5, 0.6) is 0 Å². The molecule has 27 heavy (non-hydrogen) atoms. The standard InChI is InChI=1S/C19H32N4O3.HI/c1-3-25-18(24)23-10-5-13(6-11-23)21-17(20-2)22-15-14-7-12-26-16(14)19(15)8-4-9-19;/h13-16H,3-12H2,1-2H3,(H2,20,21,22);1H. The van der Waals surface area contributed by atoms with Gasteiger partial charge in [0.15, 0.2) is 5.96 Å². The van der Waals surface area contributed by atoms with Gasteiger partial charge in [-0.05, 0) is 39.0 Å². The van der Waals surface area contributed by atoms with E-state index >= 15 is 0 Å². The Hall–Kier alpha value is -0.770. The molecule has 0 bridgehead atoms. The average Bonchev–Trinajstić information content (AvgIpc) is 3.03. The summed E-state index contributed by atoms with van der Waals surface area (Å²) in [5, 5.41) is 7.30. The molecule has 4 fully saturated rings. The molecule has 3 unspecified atom stereocenters. The molecule has 2 saturated carbocycles. The zero-order valence-electron chi connectivity index (χ0n) is 16.4. The Labute approximate surface area is 179 Å². The van der Waals surface area contributed by atoms with E-state index in [0.29, 0.717) is 36.1 Å². The summed E-state index contributed by atoms with van der Waals surface area (Å²) >= 11 is 0. The summed E-state index contributed by atoms with van der Waals surface area (Å²) in [6, 6.07) is 0.842. The number of halogens is 1. The van der Waals surface area contributed by atoms with Crippen molar-refractivity contribution in [2.24, 2.45) is 16.3 Å². The number of nitrogens with one attached hydrogen (secondary N) is 2. The maximum Gasteiger partial charge on any atom is 0.409 e. The highest BCUT2D eigenvalue weighted by molar-refractivity contribution is 14.0. The van der Waals surface area contributed by atoms with Gasteiger partial charge in [-0.2, -0.15) is 0 Å². The van der Waals surface area contributed by atoms with Crippen LogP contribution in [0.4, 0.5) is 4.79 Å². The minimum Gasteiger partial charge on any atom is -0.450 e. The van der Waals surface area contributed by atoms with Gasteiger partial charge in [-0.1, -0.05) is 6.42 Å². The number of amides is 1. The van der Waals surface area contributed by atoms with E-state index in [4.69, 9.17) is 9.47 Å². The summed E-state index contributed by atoms with van der Waals surface area (Å²) < 4.78 is 11.1. The monoisotopic (exact) mass is 492 g/mol. The molecule has 0 aromatic heterocycles. The van der Waals surface area contributed by atoms with Gasteiger partial charge in [0.1, 0.15) is 0 Å². The van der Waals surface area contributed by atoms with E-state index in [1.807, 2.05) is 14.0 Å². The van der Waals surface area contributed by atoms with Crippen molar-refractivity contribution in [1.82, 2.24) is 15.5 Å². The van der Waals surface area contributed by atoms with Crippen LogP contribution in [0.15, 0.2) is 4.99 Å². The molecule has 0 aromatic rings. The topological polar surface area (TPSA) is 75.2 Å². The highest BCUT2D eigenvalue weighted by Crippen LogP contribution is 2.62. The minimum absolute atomic E-state index is 0. The van der Waals surface area contributed by atoms with Crippen molar-refractivity contribution in [2.45, 2.75) is 63.6 Å². The lowest BCUT2D eigenvalue weighted by Crippen LogP contribution is -2.72. The number of carbonyl (C=O) groups is 1. The van der Waals surface area contributed by atoms with E-state index in [1.165, 1.54) is 25.7 Å². The number of likely N-dealkylation sites (tertiary alicyclic amines) is 1. The third-order valence-corrected chi connectivity index (χ3v) is 6.91. The van der Waals surface area contributed by atoms with E-state index < -0.39 is 0 Å². The molecule has 2 aliphatic carbocycles. The molecular formula is C19H33IN4O3. The van der Waals surface area contributed by atoms with Crippen LogP contribution in [0.3, 0.4) is 0 Å². The Balaban J connectivity index is 0.00000210. The van der Waals surface area contributed by atoms with Gasteiger partial charge >= 0.3 is 6.09 Å². The second-order valence-corrected chi connectivity index (χ2v) is 8.13. The molecule has 1 amide bonds. The van der Waals surface area contributed by atoms with Crippen molar-refractivity contribution in [2.75, 3.05) is 33.4 Å². The average molecular weight is 492 g/mol. The second-order valence-electron chi connectivity index (χ2n) is 8.13. The first-order valence-corrected chi connectivity index (χ1v) is 10.2. The number of hydrogen-bond donors (Lipinski definition) is 2. The zero-order valence-corrected chi connectivity index (χ0v) is 18.7. The number of carbonyl (C=O) groups excluding carboxylic acids is 1. The molecule has 1 spiro atoms. The Kier molecular flexibility index (Phi) is 6.76. The normalized spacial score (nSPS) is 32.0. The Morgan fingerprint density at radius 1 is 1.26 bits per heavy atom. The smallest absolute Gasteiger partial charge is 0.409 e. The summed E-state index contributed by atoms with van der Waals surface area (Å²) in [7, 11) is 1.85. The Morgan fingerprint density at radius 3 is 2.59 bits per heavy atom. The van der Waals surface area contributed by atoms with Gasteiger partial charge in [0.2, 0.25) is 0 Å². The van der Waals surface area contributed by atoms with Crippen LogP contribution < -0.4 is 10.6 Å². The van der Waals surface area contributed by atoms with Crippen molar-refractivity contribution >= 4 is 36.0 Å². The molecule has 4 aliphatic rings. The molecule has 8 heteroatoms. The maximum absolute atomic E-state index is 11.8. The molecule has 2 aliphatic heterocycles. The number of fused-ring (bicyclic) bond motifs is 2. The third-order valence-electron chi connectivity index (χ3n) is 6.91. The third kappa shape index (κ3) is 3.75. The van der Waals surface area contributed by atoms with Gasteiger partial charge in [-0.3, -0.25) is 4.99 Å². The van der Waals surface area contributed by atoms with Crippen LogP contribution in [-0.2, 0) is 9.47 Å². The quantitative estimate of drug-likeness (QED) is 0.360. The fourth-order valence-corrected chi connectivity index (χ4v) is 5.39. The summed E-state index contributed by atoms with van der Waals surface area (Å²) in [5.41, 5.74) is 0.353. The molecule has 0 aromatic carbocycles. The zero-order chi connectivity index (χ0) is 18.1. The molecule has 2 saturated heterocycles. The Morgan fingerprint density at radius 2 is 2.00 bits per heavy atom. The molecule has 7 nitrogen and oxygen atoms in total. The predicted octanol–water partition coefficient (Wildman–Crippen LogP) is 2.35. The van der Waals surface area contributed by atoms with E-state index in [9.17, 15) is 4.79 Å². The number of ether oxygens (including phenoxy) is 2. The van der Waals surface area contributed by atoms with Gasteiger partial charge < -0.3 is 25.0 Å². The summed E-state index contributed by atoms with van der Waals surface area (Å²) in [6.07, 6.45) is 7.17. The maximum atomic E-state index is 11.8. The largest absolute Gasteiger partial charge is 0.450 e. The number of guanidine groups is 1. The second kappa shape index (κ2) is 8.71. The van der Waals surface area contributed by atoms with E-state index in [0.717, 1.165) is 38.5 Å². The number of aliphatic imine (C=N–C) groups is 1. The number of rotatable bonds is 3. The van der Waals surface area contributed by atoms with Crippen LogP contribution in [0.1, 0.15) is 45.4 Å². The van der Waals surface area contributed by atoms with Gasteiger partial charge in [-0.25, -0.2) is 4.79 Å². The summed E-state index contributed by atoms with van der Waals surface area (Å²) in [4.78, 5) is 18.1. The van der Waals surface area contributed by atoms with E-state index in [1.54, 1.807) is 4.90 Å². The van der Waals surface area contributed by atoms with Crippen LogP contribution >= 0.6 is 24.0 Å². The molecule has 4 rings (SSSR count). The van der Waals surface area contributed by atoms with Gasteiger partial charge in [0.25, 0.3) is 0 Å². The van der Waals surface area contributed by atoms with Crippen molar-refractivity contribution in [1.29, 1.82) is 0 Å². The molecule has 154 valence electrons. The van der Waals surface area contributed by atoms with Crippen LogP contribution in [0, 0.1) is 11.3 Å². The molecule has 2 N–H and O–H groups in total. The van der Waals surface area contributed by atoms with Crippen molar-refractivity contribution in [3.05, 3.63) is 0 Å². The minimum atomic E-state index is -0.192. The van der Waals surface area contributed by atoms with Gasteiger partial charge in [0, 0.05) is 50.2 Å². The van der Waals surface area contributed by atoms with Gasteiger partial charge in [-0.15, -0.1) is 24.0 Å². The fraction of sp³-hybridized carbons (Fsp3) is 0.895. The van der Waals surface area contributed by atoms with Crippen molar-refractivity contribution in [3.8, 4) is 0 Å². The van der Waals surface area contributed by atoms with Crippen LogP contribution in [-0.4, -0.2) is 68.5 Å². The lowest BCUT2D eigenvalue weighted by Gasteiger charge is -2.63. The highest BCUT2D eigenvalue weighted by Gasteiger charge is 2.66. The summed E-state index contributed by atoms with van der Waals surface area (Å²) in [6.45, 7) is 4.66. The molecule has 0 radical (unpaired) electrons. The van der Waals surface area contributed by atoms with E-state index in [2.05, 4.69) is 15.6 Å². The number of piperidine rings is 1. The Bertz CT molecular complexity index is 561. The first-order chi connectivity index (χ1) is 12.7. The lowest BCUT2D eigenvalue weighted by molar-refractivity contribution is -0.171. The SMILES string of the molecule is CCOC(=O)N1CCC(NC(=NC)NC2C3CCOC3C23CCC3)CC1.I. The number of hydrogen-bond acceptors (Lipinski definition) is 4. The predicted molar refractivity (Wildman–Crippen MR) is 115 cm³/mol. The first-order valence-electron chi connectivity index (χ1n) is 10.2. The van der Waals surface area contributed by atoms with Crippen molar-refractivity contribution in [3.63, 3.8) is 0 Å². The summed E-state index contributed by atoms with van der Waals surface area (Å²) in [5.74, 6) is 1.54. The fourth-order valence-electron chi connectivity index (χ4n) is 5.39. The van der Waals surface area contributed by atoms with Gasteiger partial charge in [0.05, 0.1) is 12.7 Å². The van der Waals surface area contributed by atoms with Crippen molar-refractivity contribution < 1.29 is 14.3 Å². The molecule has 2 heterocycles. The number of nitrogens with zero attached hydrogens (tertiary/aromatic N) is 2. The molecule has 3 atom stereocenters.